The number of hydrogen-bond acceptors (Lipinski definition) is 3. The summed E-state index contributed by atoms with van der Waals surface area (Å²) in [5.41, 5.74) is 3.70. The van der Waals surface area contributed by atoms with Crippen LogP contribution in [0, 0.1) is 11.8 Å². The largest absolute Gasteiger partial charge is 0.548 e. The van der Waals surface area contributed by atoms with Crippen molar-refractivity contribution in [2.45, 2.75) is 46.2 Å². The zero-order chi connectivity index (χ0) is 12.9. The number of quaternary nitrogens is 1. The lowest BCUT2D eigenvalue weighted by molar-refractivity contribution is -0.414. The highest BCUT2D eigenvalue weighted by atomic mass is 16.4. The quantitative estimate of drug-likeness (QED) is 0.583. The van der Waals surface area contributed by atoms with Crippen molar-refractivity contribution in [1.29, 1.82) is 0 Å². The van der Waals surface area contributed by atoms with E-state index in [2.05, 4.69) is 11.1 Å². The number of carbonyl (C=O) groups is 2. The average Bonchev–Trinajstić information content (AvgIpc) is 2.14. The van der Waals surface area contributed by atoms with Crippen molar-refractivity contribution in [2.24, 2.45) is 11.8 Å². The number of carboxylic acid groups (broad SMARTS) is 1. The van der Waals surface area contributed by atoms with Crippen molar-refractivity contribution in [1.82, 2.24) is 5.32 Å². The van der Waals surface area contributed by atoms with Gasteiger partial charge in [0.05, 0.1) is 12.0 Å². The summed E-state index contributed by atoms with van der Waals surface area (Å²) in [6.07, 6.45) is 0.374. The standard InChI is InChI=1S/C11H22N2O3/c1-6(2)5-8(11(15)16)13-10(14)9(12)7(3)4/h6-9H,5,12H2,1-4H3,(H,13,14)(H,15,16)/t8-,9-/m1/s1. The molecular formula is C11H22N2O3. The summed E-state index contributed by atoms with van der Waals surface area (Å²) in [5.74, 6) is -1.30. The predicted molar refractivity (Wildman–Crippen MR) is 57.9 cm³/mol. The Labute approximate surface area is 96.4 Å². The maximum Gasteiger partial charge on any atom is 0.278 e. The summed E-state index contributed by atoms with van der Waals surface area (Å²) in [4.78, 5) is 22.4. The van der Waals surface area contributed by atoms with Crippen molar-refractivity contribution in [2.75, 3.05) is 0 Å². The van der Waals surface area contributed by atoms with E-state index < -0.39 is 18.1 Å². The Hall–Kier alpha value is -1.10. The Morgan fingerprint density at radius 2 is 1.75 bits per heavy atom. The number of hydrogen-bond donors (Lipinski definition) is 2. The van der Waals surface area contributed by atoms with Crippen molar-refractivity contribution >= 4 is 11.9 Å². The van der Waals surface area contributed by atoms with Crippen LogP contribution in [0.2, 0.25) is 0 Å². The molecule has 0 aliphatic heterocycles. The molecule has 4 N–H and O–H groups in total. The minimum Gasteiger partial charge on any atom is -0.548 e. The van der Waals surface area contributed by atoms with Gasteiger partial charge in [0, 0.05) is 5.92 Å². The smallest absolute Gasteiger partial charge is 0.278 e. The van der Waals surface area contributed by atoms with E-state index >= 15 is 0 Å². The molecule has 5 heteroatoms. The van der Waals surface area contributed by atoms with Gasteiger partial charge in [0.15, 0.2) is 6.04 Å². The van der Waals surface area contributed by atoms with Crippen molar-refractivity contribution in [3.05, 3.63) is 0 Å². The van der Waals surface area contributed by atoms with E-state index in [0.717, 1.165) is 0 Å². The zero-order valence-corrected chi connectivity index (χ0v) is 10.4. The summed E-state index contributed by atoms with van der Waals surface area (Å²) in [5, 5.41) is 13.3. The molecule has 0 saturated carbocycles. The first-order valence-electron chi connectivity index (χ1n) is 5.60. The molecule has 0 rings (SSSR count). The topological polar surface area (TPSA) is 96.9 Å². The fourth-order valence-corrected chi connectivity index (χ4v) is 1.27. The molecule has 0 bridgehead atoms. The van der Waals surface area contributed by atoms with E-state index in [4.69, 9.17) is 0 Å². The summed E-state index contributed by atoms with van der Waals surface area (Å²) >= 11 is 0. The second-order valence-corrected chi connectivity index (χ2v) is 4.86. The Bertz CT molecular complexity index is 252. The van der Waals surface area contributed by atoms with Crippen LogP contribution in [-0.2, 0) is 9.59 Å². The van der Waals surface area contributed by atoms with Crippen LogP contribution in [0.15, 0.2) is 0 Å². The molecule has 94 valence electrons. The molecule has 0 aromatic rings. The third-order valence-corrected chi connectivity index (χ3v) is 2.45. The Balaban J connectivity index is 4.40. The molecule has 0 unspecified atom stereocenters. The number of amides is 1. The second kappa shape index (κ2) is 6.48. The summed E-state index contributed by atoms with van der Waals surface area (Å²) < 4.78 is 0. The van der Waals surface area contributed by atoms with Gasteiger partial charge in [-0.1, -0.05) is 27.7 Å². The summed E-state index contributed by atoms with van der Waals surface area (Å²) in [6, 6.07) is -1.36. The van der Waals surface area contributed by atoms with Crippen LogP contribution < -0.4 is 16.2 Å². The van der Waals surface area contributed by atoms with Crippen LogP contribution in [0.1, 0.15) is 34.1 Å². The number of aliphatic carboxylic acids is 1. The fraction of sp³-hybridized carbons (Fsp3) is 0.818. The van der Waals surface area contributed by atoms with Crippen molar-refractivity contribution in [3.63, 3.8) is 0 Å². The van der Waals surface area contributed by atoms with E-state index in [1.54, 1.807) is 0 Å². The zero-order valence-electron chi connectivity index (χ0n) is 10.4. The monoisotopic (exact) mass is 230 g/mol. The highest BCUT2D eigenvalue weighted by Gasteiger charge is 2.24. The molecule has 0 spiro atoms. The lowest BCUT2D eigenvalue weighted by Crippen LogP contribution is -2.71. The maximum absolute atomic E-state index is 11.6. The molecule has 1 amide bonds. The third kappa shape index (κ3) is 5.11. The van der Waals surface area contributed by atoms with E-state index in [1.165, 1.54) is 0 Å². The molecule has 0 aromatic heterocycles. The van der Waals surface area contributed by atoms with Gasteiger partial charge in [-0.2, -0.15) is 0 Å². The summed E-state index contributed by atoms with van der Waals surface area (Å²) in [7, 11) is 0. The summed E-state index contributed by atoms with van der Waals surface area (Å²) in [6.45, 7) is 7.53. The van der Waals surface area contributed by atoms with Gasteiger partial charge in [0.1, 0.15) is 0 Å². The molecule has 16 heavy (non-hydrogen) atoms. The molecule has 5 nitrogen and oxygen atoms in total. The van der Waals surface area contributed by atoms with Crippen LogP contribution in [0.5, 0.6) is 0 Å². The van der Waals surface area contributed by atoms with E-state index in [0.29, 0.717) is 6.42 Å². The number of nitrogens with one attached hydrogen (secondary N) is 1. The van der Waals surface area contributed by atoms with Gasteiger partial charge in [-0.3, -0.25) is 4.79 Å². The van der Waals surface area contributed by atoms with Gasteiger partial charge in [0.2, 0.25) is 0 Å². The van der Waals surface area contributed by atoms with Crippen LogP contribution in [-0.4, -0.2) is 24.0 Å². The minimum atomic E-state index is -1.24. The van der Waals surface area contributed by atoms with E-state index in [1.807, 2.05) is 27.7 Å². The van der Waals surface area contributed by atoms with Gasteiger partial charge >= 0.3 is 0 Å². The Morgan fingerprint density at radius 3 is 2.06 bits per heavy atom. The average molecular weight is 230 g/mol. The van der Waals surface area contributed by atoms with Crippen LogP contribution in [0.3, 0.4) is 0 Å². The number of carboxylic acids is 1. The van der Waals surface area contributed by atoms with Crippen LogP contribution in [0.25, 0.3) is 0 Å². The number of rotatable bonds is 6. The van der Waals surface area contributed by atoms with E-state index in [9.17, 15) is 14.7 Å². The van der Waals surface area contributed by atoms with Gasteiger partial charge < -0.3 is 21.0 Å². The second-order valence-electron chi connectivity index (χ2n) is 4.86. The van der Waals surface area contributed by atoms with Gasteiger partial charge in [-0.15, -0.1) is 0 Å². The molecule has 0 heterocycles. The lowest BCUT2D eigenvalue weighted by Gasteiger charge is -2.23. The minimum absolute atomic E-state index is 0.0847. The first-order valence-corrected chi connectivity index (χ1v) is 5.60. The first-order chi connectivity index (χ1) is 7.25. The van der Waals surface area contributed by atoms with Gasteiger partial charge in [0.25, 0.3) is 5.91 Å². The number of carbonyl (C=O) groups excluding carboxylic acids is 2. The van der Waals surface area contributed by atoms with Gasteiger partial charge in [-0.05, 0) is 12.3 Å². The van der Waals surface area contributed by atoms with E-state index in [-0.39, 0.29) is 17.7 Å². The molecule has 0 saturated heterocycles. The highest BCUT2D eigenvalue weighted by Crippen LogP contribution is 2.05. The van der Waals surface area contributed by atoms with Crippen LogP contribution >= 0.6 is 0 Å². The first kappa shape index (κ1) is 14.9. The van der Waals surface area contributed by atoms with Crippen molar-refractivity contribution in [3.8, 4) is 0 Å². The molecular weight excluding hydrogens is 208 g/mol. The van der Waals surface area contributed by atoms with Crippen molar-refractivity contribution < 1.29 is 20.4 Å². The Morgan fingerprint density at radius 1 is 1.25 bits per heavy atom. The molecule has 2 atom stereocenters. The molecule has 0 fully saturated rings. The maximum atomic E-state index is 11.6. The molecule has 0 aliphatic rings. The molecule has 0 radical (unpaired) electrons. The fourth-order valence-electron chi connectivity index (χ4n) is 1.27. The molecule has 0 aromatic carbocycles. The van der Waals surface area contributed by atoms with Crippen LogP contribution in [0.4, 0.5) is 0 Å². The highest BCUT2D eigenvalue weighted by molar-refractivity contribution is 5.85. The SMILES string of the molecule is CC(C)C[C@@H](NC(=O)[C@H]([NH3+])C(C)C)C(=O)[O-]. The Kier molecular flexibility index (Phi) is 6.03. The van der Waals surface area contributed by atoms with Gasteiger partial charge in [-0.25, -0.2) is 0 Å². The predicted octanol–water partition coefficient (Wildman–Crippen LogP) is -1.47. The normalized spacial score (nSPS) is 14.9. The third-order valence-electron chi connectivity index (χ3n) is 2.45. The lowest BCUT2D eigenvalue weighted by atomic mass is 10.0. The molecule has 0 aliphatic carbocycles.